The van der Waals surface area contributed by atoms with Crippen LogP contribution in [0.4, 0.5) is 10.5 Å². The quantitative estimate of drug-likeness (QED) is 0.689. The number of rotatable bonds is 4. The minimum atomic E-state index is -0.491. The summed E-state index contributed by atoms with van der Waals surface area (Å²) in [7, 11) is 1.76. The number of nitrogens with zero attached hydrogens (tertiary/aromatic N) is 4. The van der Waals surface area contributed by atoms with Gasteiger partial charge in [-0.05, 0) is 37.1 Å². The SMILES string of the molecule is Cn1cc(C(N)=O)c([C@H]2CCCN(C(=O)Nc3ccc(-c4nccs4)cc3)C2)n1. The number of carbonyl (C=O) groups excluding carboxylic acids is 2. The summed E-state index contributed by atoms with van der Waals surface area (Å²) < 4.78 is 1.60. The maximum Gasteiger partial charge on any atom is 0.321 e. The van der Waals surface area contributed by atoms with Crippen molar-refractivity contribution in [1.29, 1.82) is 0 Å². The molecule has 1 aromatic carbocycles. The molecule has 3 N–H and O–H groups in total. The number of benzene rings is 1. The summed E-state index contributed by atoms with van der Waals surface area (Å²) in [5, 5.41) is 10.3. The number of carbonyl (C=O) groups is 2. The lowest BCUT2D eigenvalue weighted by Crippen LogP contribution is -2.42. The molecule has 0 bridgehead atoms. The van der Waals surface area contributed by atoms with E-state index in [9.17, 15) is 9.59 Å². The molecule has 2 aromatic heterocycles. The van der Waals surface area contributed by atoms with Gasteiger partial charge in [-0.1, -0.05) is 0 Å². The van der Waals surface area contributed by atoms with Crippen LogP contribution in [0.15, 0.2) is 42.0 Å². The Morgan fingerprint density at radius 3 is 2.76 bits per heavy atom. The molecule has 3 amide bonds. The highest BCUT2D eigenvalue weighted by Gasteiger charge is 2.29. The van der Waals surface area contributed by atoms with E-state index in [2.05, 4.69) is 15.4 Å². The van der Waals surface area contributed by atoms with E-state index in [0.717, 1.165) is 29.1 Å². The Kier molecular flexibility index (Phi) is 5.30. The zero-order valence-electron chi connectivity index (χ0n) is 16.0. The van der Waals surface area contributed by atoms with Gasteiger partial charge >= 0.3 is 6.03 Å². The van der Waals surface area contributed by atoms with Gasteiger partial charge in [0, 0.05) is 55.1 Å². The van der Waals surface area contributed by atoms with Crippen molar-refractivity contribution in [1.82, 2.24) is 19.7 Å². The monoisotopic (exact) mass is 410 g/mol. The number of thiazole rings is 1. The second-order valence-electron chi connectivity index (χ2n) is 7.10. The van der Waals surface area contributed by atoms with Gasteiger partial charge in [0.2, 0.25) is 0 Å². The number of anilines is 1. The fraction of sp³-hybridized carbons (Fsp3) is 0.300. The number of nitrogens with one attached hydrogen (secondary N) is 1. The van der Waals surface area contributed by atoms with Gasteiger partial charge in [0.25, 0.3) is 5.91 Å². The molecule has 3 aromatic rings. The van der Waals surface area contributed by atoms with Gasteiger partial charge in [-0.2, -0.15) is 5.10 Å². The molecule has 1 aliphatic heterocycles. The van der Waals surface area contributed by atoms with E-state index in [4.69, 9.17) is 5.73 Å². The largest absolute Gasteiger partial charge is 0.365 e. The Hall–Kier alpha value is -3.20. The summed E-state index contributed by atoms with van der Waals surface area (Å²) in [6, 6.07) is 7.48. The molecule has 1 saturated heterocycles. The van der Waals surface area contributed by atoms with Crippen molar-refractivity contribution in [2.75, 3.05) is 18.4 Å². The molecule has 0 saturated carbocycles. The van der Waals surface area contributed by atoms with Crippen molar-refractivity contribution in [2.24, 2.45) is 12.8 Å². The van der Waals surface area contributed by atoms with Crippen molar-refractivity contribution in [3.63, 3.8) is 0 Å². The standard InChI is InChI=1S/C20H22N6O2S/c1-25-12-16(18(21)27)17(24-25)14-3-2-9-26(11-14)20(28)23-15-6-4-13(5-7-15)19-22-8-10-29-19/h4-8,10,12,14H,2-3,9,11H2,1H3,(H2,21,27)(H,23,28)/t14-/m0/s1. The van der Waals surface area contributed by atoms with Gasteiger partial charge in [-0.3, -0.25) is 9.48 Å². The predicted octanol–water partition coefficient (Wildman–Crippen LogP) is 3.05. The van der Waals surface area contributed by atoms with Crippen LogP contribution >= 0.6 is 11.3 Å². The molecule has 0 radical (unpaired) electrons. The molecule has 0 aliphatic carbocycles. The summed E-state index contributed by atoms with van der Waals surface area (Å²) >= 11 is 1.57. The first-order chi connectivity index (χ1) is 14.0. The molecule has 1 atom stereocenters. The number of urea groups is 1. The van der Waals surface area contributed by atoms with Crippen molar-refractivity contribution in [3.8, 4) is 10.6 Å². The van der Waals surface area contributed by atoms with Crippen LogP contribution in [-0.2, 0) is 7.05 Å². The Morgan fingerprint density at radius 1 is 1.28 bits per heavy atom. The van der Waals surface area contributed by atoms with E-state index in [1.54, 1.807) is 40.4 Å². The normalized spacial score (nSPS) is 16.6. The summed E-state index contributed by atoms with van der Waals surface area (Å²) in [6.07, 6.45) is 5.12. The Balaban J connectivity index is 1.43. The molecule has 8 nitrogen and oxygen atoms in total. The highest BCUT2D eigenvalue weighted by Crippen LogP contribution is 2.29. The average Bonchev–Trinajstić information content (AvgIpc) is 3.38. The molecule has 150 valence electrons. The zero-order chi connectivity index (χ0) is 20.4. The summed E-state index contributed by atoms with van der Waals surface area (Å²) in [5.74, 6) is -0.500. The molecule has 29 heavy (non-hydrogen) atoms. The number of piperidine rings is 1. The highest BCUT2D eigenvalue weighted by molar-refractivity contribution is 7.13. The van der Waals surface area contributed by atoms with Crippen LogP contribution in [0.2, 0.25) is 0 Å². The number of nitrogens with two attached hydrogens (primary N) is 1. The summed E-state index contributed by atoms with van der Waals surface area (Å²) in [6.45, 7) is 1.17. The van der Waals surface area contributed by atoms with E-state index >= 15 is 0 Å². The molecule has 0 unspecified atom stereocenters. The van der Waals surface area contributed by atoms with Crippen LogP contribution < -0.4 is 11.1 Å². The van der Waals surface area contributed by atoms with Crippen molar-refractivity contribution < 1.29 is 9.59 Å². The number of hydrogen-bond acceptors (Lipinski definition) is 5. The first kappa shape index (κ1) is 19.1. The lowest BCUT2D eigenvalue weighted by Gasteiger charge is -2.32. The van der Waals surface area contributed by atoms with Gasteiger partial charge in [0.15, 0.2) is 0 Å². The predicted molar refractivity (Wildman–Crippen MR) is 112 cm³/mol. The molecule has 9 heteroatoms. The number of amides is 3. The molecular weight excluding hydrogens is 388 g/mol. The minimum Gasteiger partial charge on any atom is -0.365 e. The van der Waals surface area contributed by atoms with Crippen molar-refractivity contribution >= 4 is 29.0 Å². The maximum atomic E-state index is 12.8. The van der Waals surface area contributed by atoms with Crippen LogP contribution in [0.25, 0.3) is 10.6 Å². The smallest absolute Gasteiger partial charge is 0.321 e. The van der Waals surface area contributed by atoms with E-state index < -0.39 is 5.91 Å². The van der Waals surface area contributed by atoms with Gasteiger partial charge in [0.05, 0.1) is 11.3 Å². The van der Waals surface area contributed by atoms with Gasteiger partial charge in [-0.15, -0.1) is 11.3 Å². The molecule has 3 heterocycles. The third-order valence-corrected chi connectivity index (χ3v) is 5.86. The van der Waals surface area contributed by atoms with Crippen LogP contribution in [0.5, 0.6) is 0 Å². The fourth-order valence-electron chi connectivity index (χ4n) is 3.65. The van der Waals surface area contributed by atoms with Crippen LogP contribution in [0.3, 0.4) is 0 Å². The second kappa shape index (κ2) is 8.04. The van der Waals surface area contributed by atoms with E-state index in [0.29, 0.717) is 24.3 Å². The minimum absolute atomic E-state index is 0.00882. The van der Waals surface area contributed by atoms with Gasteiger partial charge in [0.1, 0.15) is 5.01 Å². The van der Waals surface area contributed by atoms with Crippen molar-refractivity contribution in [2.45, 2.75) is 18.8 Å². The van der Waals surface area contributed by atoms with Gasteiger partial charge in [-0.25, -0.2) is 9.78 Å². The van der Waals surface area contributed by atoms with Crippen LogP contribution in [0, 0.1) is 0 Å². The van der Waals surface area contributed by atoms with E-state index in [1.165, 1.54) is 0 Å². The average molecular weight is 411 g/mol. The summed E-state index contributed by atoms with van der Waals surface area (Å²) in [5.41, 5.74) is 8.34. The molecule has 0 spiro atoms. The lowest BCUT2D eigenvalue weighted by atomic mass is 9.92. The van der Waals surface area contributed by atoms with E-state index in [1.807, 2.05) is 29.6 Å². The third kappa shape index (κ3) is 4.14. The number of primary amides is 1. The Bertz CT molecular complexity index is 1010. The fourth-order valence-corrected chi connectivity index (χ4v) is 4.29. The second-order valence-corrected chi connectivity index (χ2v) is 7.99. The van der Waals surface area contributed by atoms with Gasteiger partial charge < -0.3 is 16.0 Å². The number of hydrogen-bond donors (Lipinski definition) is 2. The number of aromatic nitrogens is 3. The first-order valence-electron chi connectivity index (χ1n) is 9.40. The van der Waals surface area contributed by atoms with Crippen LogP contribution in [-0.4, -0.2) is 44.7 Å². The first-order valence-corrected chi connectivity index (χ1v) is 10.3. The molecular formula is C20H22N6O2S. The van der Waals surface area contributed by atoms with Crippen LogP contribution in [0.1, 0.15) is 34.8 Å². The summed E-state index contributed by atoms with van der Waals surface area (Å²) in [4.78, 5) is 30.5. The highest BCUT2D eigenvalue weighted by atomic mass is 32.1. The number of likely N-dealkylation sites (tertiary alicyclic amines) is 1. The number of aryl methyl sites for hydroxylation is 1. The zero-order valence-corrected chi connectivity index (χ0v) is 16.9. The maximum absolute atomic E-state index is 12.8. The van der Waals surface area contributed by atoms with Crippen molar-refractivity contribution in [3.05, 3.63) is 53.3 Å². The molecule has 1 aliphatic rings. The Labute approximate surface area is 172 Å². The third-order valence-electron chi connectivity index (χ3n) is 5.03. The molecule has 4 rings (SSSR count). The Morgan fingerprint density at radius 2 is 2.07 bits per heavy atom. The topological polar surface area (TPSA) is 106 Å². The lowest BCUT2D eigenvalue weighted by molar-refractivity contribution is 0.0998. The van der Waals surface area contributed by atoms with E-state index in [-0.39, 0.29) is 11.9 Å². The molecule has 1 fully saturated rings.